The molecule has 1 aromatic heterocycles. The molecule has 1 atom stereocenters. The van der Waals surface area contributed by atoms with Crippen LogP contribution in [-0.4, -0.2) is 61.7 Å². The zero-order chi connectivity index (χ0) is 32.8. The molecule has 232 valence electrons. The first-order valence-electron chi connectivity index (χ1n) is 13.9. The third kappa shape index (κ3) is 6.69. The molecule has 4 aromatic rings. The number of ketones is 1. The number of nitriles is 1. The largest absolute Gasteiger partial charge is 0.497 e. The van der Waals surface area contributed by atoms with E-state index in [9.17, 15) is 24.4 Å². The van der Waals surface area contributed by atoms with Crippen LogP contribution < -0.4 is 19.1 Å². The number of nitrogens with zero attached hydrogens (tertiary/aromatic N) is 3. The number of thioether (sulfide) groups is 1. The molecule has 0 radical (unpaired) electrons. The molecule has 5 rings (SSSR count). The van der Waals surface area contributed by atoms with Crippen LogP contribution in [0.4, 0.5) is 5.69 Å². The number of benzene rings is 3. The van der Waals surface area contributed by atoms with Crippen LogP contribution in [0.2, 0.25) is 0 Å². The van der Waals surface area contributed by atoms with Crippen molar-refractivity contribution in [3.63, 3.8) is 0 Å². The lowest BCUT2D eigenvalue weighted by Gasteiger charge is -2.15. The molecule has 1 unspecified atom stereocenters. The van der Waals surface area contributed by atoms with Gasteiger partial charge in [-0.25, -0.2) is 14.7 Å². The number of pyridine rings is 1. The Morgan fingerprint density at radius 2 is 1.59 bits per heavy atom. The van der Waals surface area contributed by atoms with Crippen molar-refractivity contribution >= 4 is 41.0 Å². The second-order valence-corrected chi connectivity index (χ2v) is 11.1. The quantitative estimate of drug-likeness (QED) is 0.123. The minimum absolute atomic E-state index is 0.0924. The summed E-state index contributed by atoms with van der Waals surface area (Å²) in [4.78, 5) is 57.2. The fourth-order valence-corrected chi connectivity index (χ4v) is 5.79. The number of aromatic nitrogens is 1. The van der Waals surface area contributed by atoms with Crippen LogP contribution >= 0.6 is 11.8 Å². The third-order valence-corrected chi connectivity index (χ3v) is 8.31. The van der Waals surface area contributed by atoms with Gasteiger partial charge in [0.2, 0.25) is 11.8 Å². The first kappa shape index (κ1) is 31.7. The minimum atomic E-state index is -0.801. The molecule has 11 nitrogen and oxygen atoms in total. The predicted molar refractivity (Wildman–Crippen MR) is 168 cm³/mol. The molecule has 0 bridgehead atoms. The van der Waals surface area contributed by atoms with Crippen molar-refractivity contribution in [2.45, 2.75) is 16.7 Å². The molecule has 1 aliphatic heterocycles. The number of carbonyl (C=O) groups is 4. The molecule has 1 saturated heterocycles. The summed E-state index contributed by atoms with van der Waals surface area (Å²) in [5.74, 6) is -0.571. The van der Waals surface area contributed by atoms with Gasteiger partial charge in [0.15, 0.2) is 23.9 Å². The normalized spacial score (nSPS) is 14.0. The molecule has 3 aromatic carbocycles. The van der Waals surface area contributed by atoms with Crippen LogP contribution in [0.5, 0.6) is 17.2 Å². The average Bonchev–Trinajstić information content (AvgIpc) is 3.38. The van der Waals surface area contributed by atoms with Crippen LogP contribution in [0.25, 0.3) is 11.3 Å². The molecular formula is C34H27N3O8S. The summed E-state index contributed by atoms with van der Waals surface area (Å²) in [5, 5.41) is 9.20. The van der Waals surface area contributed by atoms with E-state index in [0.717, 1.165) is 22.2 Å². The van der Waals surface area contributed by atoms with E-state index in [4.69, 9.17) is 18.9 Å². The Balaban J connectivity index is 1.24. The predicted octanol–water partition coefficient (Wildman–Crippen LogP) is 5.11. The second-order valence-electron chi connectivity index (χ2n) is 9.88. The summed E-state index contributed by atoms with van der Waals surface area (Å²) in [6.07, 6.45) is -0.0924. The molecule has 0 aliphatic carbocycles. The highest BCUT2D eigenvalue weighted by Gasteiger charge is 2.41. The number of hydrogen-bond donors (Lipinski definition) is 0. The van der Waals surface area contributed by atoms with Crippen molar-refractivity contribution in [3.8, 4) is 34.6 Å². The number of esters is 1. The monoisotopic (exact) mass is 637 g/mol. The number of imide groups is 1. The van der Waals surface area contributed by atoms with Gasteiger partial charge in [-0.3, -0.25) is 14.4 Å². The van der Waals surface area contributed by atoms with E-state index >= 15 is 0 Å². The van der Waals surface area contributed by atoms with Crippen molar-refractivity contribution in [2.24, 2.45) is 0 Å². The molecular weight excluding hydrogens is 610 g/mol. The number of ether oxygens (including phenoxy) is 4. The molecule has 1 fully saturated rings. The summed E-state index contributed by atoms with van der Waals surface area (Å²) in [5.41, 5.74) is 2.37. The van der Waals surface area contributed by atoms with Gasteiger partial charge in [0.05, 0.1) is 49.1 Å². The summed E-state index contributed by atoms with van der Waals surface area (Å²) >= 11 is 1.06. The standard InChI is InChI=1S/C34H27N3O8S/c1-42-25-12-6-20(7-13-25)26-14-8-23(18-35)32(36-26)46-30-17-31(39)37(33(30)40)24-10-4-21(5-11-24)34(41)45-19-27(38)22-9-15-28(43-2)29(16-22)44-3/h4-16,30H,17,19H2,1-3H3. The van der Waals surface area contributed by atoms with Gasteiger partial charge in [-0.2, -0.15) is 5.26 Å². The first-order chi connectivity index (χ1) is 22.3. The van der Waals surface area contributed by atoms with Crippen LogP contribution in [0.15, 0.2) is 83.9 Å². The number of methoxy groups -OCH3 is 3. The van der Waals surface area contributed by atoms with Crippen molar-refractivity contribution in [2.75, 3.05) is 32.8 Å². The second kappa shape index (κ2) is 14.0. The highest BCUT2D eigenvalue weighted by Crippen LogP contribution is 2.36. The fourth-order valence-electron chi connectivity index (χ4n) is 4.69. The Labute approximate surface area is 268 Å². The topological polar surface area (TPSA) is 145 Å². The average molecular weight is 638 g/mol. The number of hydrogen-bond acceptors (Lipinski definition) is 11. The van der Waals surface area contributed by atoms with E-state index in [2.05, 4.69) is 11.1 Å². The maximum absolute atomic E-state index is 13.4. The molecule has 12 heteroatoms. The molecule has 0 saturated carbocycles. The Bertz CT molecular complexity index is 1850. The number of Topliss-reactive ketones (excluding diaryl/α,β-unsaturated/α-hetero) is 1. The number of anilines is 1. The lowest BCUT2D eigenvalue weighted by Crippen LogP contribution is -2.31. The lowest BCUT2D eigenvalue weighted by molar-refractivity contribution is -0.121. The Kier molecular flexibility index (Phi) is 9.64. The van der Waals surface area contributed by atoms with E-state index in [1.807, 2.05) is 12.1 Å². The lowest BCUT2D eigenvalue weighted by atomic mass is 10.1. The van der Waals surface area contributed by atoms with Crippen LogP contribution in [0.1, 0.15) is 32.7 Å². The molecule has 1 aliphatic rings. The van der Waals surface area contributed by atoms with E-state index in [1.165, 1.54) is 50.6 Å². The zero-order valence-corrected chi connectivity index (χ0v) is 25.8. The van der Waals surface area contributed by atoms with Crippen LogP contribution in [0.3, 0.4) is 0 Å². The van der Waals surface area contributed by atoms with Gasteiger partial charge >= 0.3 is 5.97 Å². The molecule has 2 heterocycles. The number of carbonyl (C=O) groups excluding carboxylic acids is 4. The Morgan fingerprint density at radius 3 is 2.24 bits per heavy atom. The van der Waals surface area contributed by atoms with Gasteiger partial charge in [0, 0.05) is 17.5 Å². The highest BCUT2D eigenvalue weighted by atomic mass is 32.2. The zero-order valence-electron chi connectivity index (χ0n) is 25.0. The van der Waals surface area contributed by atoms with E-state index in [0.29, 0.717) is 28.0 Å². The molecule has 2 amide bonds. The third-order valence-electron chi connectivity index (χ3n) is 7.13. The van der Waals surface area contributed by atoms with Gasteiger partial charge in [0.25, 0.3) is 0 Å². The van der Waals surface area contributed by atoms with Gasteiger partial charge < -0.3 is 18.9 Å². The number of rotatable bonds is 11. The molecule has 46 heavy (non-hydrogen) atoms. The smallest absolute Gasteiger partial charge is 0.338 e. The number of amides is 2. The van der Waals surface area contributed by atoms with Crippen molar-refractivity contribution in [1.82, 2.24) is 4.98 Å². The van der Waals surface area contributed by atoms with Crippen molar-refractivity contribution in [3.05, 3.63) is 95.6 Å². The van der Waals surface area contributed by atoms with E-state index < -0.39 is 35.4 Å². The summed E-state index contributed by atoms with van der Waals surface area (Å²) in [7, 11) is 4.50. The first-order valence-corrected chi connectivity index (χ1v) is 14.8. The van der Waals surface area contributed by atoms with Crippen LogP contribution in [-0.2, 0) is 14.3 Å². The van der Waals surface area contributed by atoms with Gasteiger partial charge in [0.1, 0.15) is 16.8 Å². The Hall–Kier alpha value is -5.67. The highest BCUT2D eigenvalue weighted by molar-refractivity contribution is 8.00. The van der Waals surface area contributed by atoms with Gasteiger partial charge in [-0.1, -0.05) is 11.8 Å². The summed E-state index contributed by atoms with van der Waals surface area (Å²) in [6, 6.07) is 23.1. The summed E-state index contributed by atoms with van der Waals surface area (Å²) < 4.78 is 20.8. The van der Waals surface area contributed by atoms with Crippen molar-refractivity contribution < 1.29 is 38.1 Å². The maximum Gasteiger partial charge on any atom is 0.338 e. The SMILES string of the molecule is COc1ccc(-c2ccc(C#N)c(SC3CC(=O)N(c4ccc(C(=O)OCC(=O)c5ccc(OC)c(OC)c5)cc4)C3=O)n2)cc1. The Morgan fingerprint density at radius 1 is 0.891 bits per heavy atom. The maximum atomic E-state index is 13.4. The molecule has 0 spiro atoms. The summed E-state index contributed by atoms with van der Waals surface area (Å²) in [6.45, 7) is -0.504. The van der Waals surface area contributed by atoms with E-state index in [-0.39, 0.29) is 28.8 Å². The van der Waals surface area contributed by atoms with Crippen LogP contribution in [0, 0.1) is 11.3 Å². The fraction of sp³-hybridized carbons (Fsp3) is 0.176. The minimum Gasteiger partial charge on any atom is -0.497 e. The van der Waals surface area contributed by atoms with Gasteiger partial charge in [-0.15, -0.1) is 0 Å². The molecule has 0 N–H and O–H groups in total. The van der Waals surface area contributed by atoms with Gasteiger partial charge in [-0.05, 0) is 78.9 Å². The van der Waals surface area contributed by atoms with Crippen molar-refractivity contribution in [1.29, 1.82) is 5.26 Å². The van der Waals surface area contributed by atoms with E-state index in [1.54, 1.807) is 37.4 Å².